The molecule has 0 heterocycles. The van der Waals surface area contributed by atoms with Crippen LogP contribution in [0, 0.1) is 11.8 Å². The average molecular weight is 282 g/mol. The normalized spacial score (nSPS) is 9.44. The van der Waals surface area contributed by atoms with Crippen molar-refractivity contribution in [2.24, 2.45) is 0 Å². The molecule has 86 valence electrons. The summed E-state index contributed by atoms with van der Waals surface area (Å²) < 4.78 is 6.70. The van der Waals surface area contributed by atoms with Gasteiger partial charge in [-0.3, -0.25) is 0 Å². The van der Waals surface area contributed by atoms with Gasteiger partial charge in [-0.25, -0.2) is 0 Å². The van der Waals surface area contributed by atoms with Crippen LogP contribution in [0.1, 0.15) is 18.9 Å². The van der Waals surface area contributed by atoms with Crippen LogP contribution in [-0.4, -0.2) is 13.7 Å². The van der Waals surface area contributed by atoms with E-state index in [0.717, 1.165) is 23.2 Å². The van der Waals surface area contributed by atoms with E-state index in [1.165, 1.54) is 5.56 Å². The van der Waals surface area contributed by atoms with Crippen LogP contribution in [0.15, 0.2) is 22.7 Å². The van der Waals surface area contributed by atoms with Crippen LogP contribution < -0.4 is 10.1 Å². The summed E-state index contributed by atoms with van der Waals surface area (Å²) in [6.07, 6.45) is 0.772. The number of nitrogens with one attached hydrogen (secondary N) is 1. The average Bonchev–Trinajstić information content (AvgIpc) is 2.29. The van der Waals surface area contributed by atoms with Gasteiger partial charge in [0.15, 0.2) is 0 Å². The highest BCUT2D eigenvalue weighted by molar-refractivity contribution is 9.10. The number of hydrogen-bond acceptors (Lipinski definition) is 2. The third-order valence-corrected chi connectivity index (χ3v) is 2.83. The first kappa shape index (κ1) is 13.1. The van der Waals surface area contributed by atoms with E-state index in [1.54, 1.807) is 0 Å². The van der Waals surface area contributed by atoms with Crippen molar-refractivity contribution in [1.29, 1.82) is 0 Å². The number of rotatable bonds is 5. The molecular formula is C13H16BrNO. The van der Waals surface area contributed by atoms with Gasteiger partial charge in [-0.2, -0.15) is 0 Å². The number of hydrogen-bond donors (Lipinski definition) is 1. The van der Waals surface area contributed by atoms with Crippen LogP contribution >= 0.6 is 15.9 Å². The molecule has 2 nitrogen and oxygen atoms in total. The van der Waals surface area contributed by atoms with E-state index < -0.39 is 0 Å². The standard InChI is InChI=1S/C13H16BrNO/c1-3-4-5-8-16-12-6-7-13(14)11(9-12)10-15-2/h6-7,9,15H,5,8,10H2,1-2H3. The Morgan fingerprint density at radius 2 is 2.25 bits per heavy atom. The zero-order valence-corrected chi connectivity index (χ0v) is 11.2. The van der Waals surface area contributed by atoms with Crippen LogP contribution in [0.2, 0.25) is 0 Å². The largest absolute Gasteiger partial charge is 0.493 e. The van der Waals surface area contributed by atoms with Gasteiger partial charge in [0, 0.05) is 17.4 Å². The smallest absolute Gasteiger partial charge is 0.119 e. The molecule has 3 heteroatoms. The Morgan fingerprint density at radius 1 is 1.44 bits per heavy atom. The minimum atomic E-state index is 0.640. The quantitative estimate of drug-likeness (QED) is 0.662. The van der Waals surface area contributed by atoms with Crippen molar-refractivity contribution in [3.05, 3.63) is 28.2 Å². The maximum Gasteiger partial charge on any atom is 0.119 e. The van der Waals surface area contributed by atoms with Crippen molar-refractivity contribution < 1.29 is 4.74 Å². The summed E-state index contributed by atoms with van der Waals surface area (Å²) >= 11 is 3.51. The molecule has 0 aromatic heterocycles. The molecule has 1 N–H and O–H groups in total. The fourth-order valence-electron chi connectivity index (χ4n) is 1.31. The minimum absolute atomic E-state index is 0.640. The van der Waals surface area contributed by atoms with Gasteiger partial charge in [-0.05, 0) is 37.7 Å². The Balaban J connectivity index is 2.58. The first-order valence-electron chi connectivity index (χ1n) is 5.23. The van der Waals surface area contributed by atoms with Gasteiger partial charge in [0.05, 0.1) is 6.61 Å². The maximum atomic E-state index is 5.60. The second-order valence-corrected chi connectivity index (χ2v) is 4.16. The third kappa shape index (κ3) is 4.26. The zero-order chi connectivity index (χ0) is 11.8. The summed E-state index contributed by atoms with van der Waals surface area (Å²) in [4.78, 5) is 0. The first-order chi connectivity index (χ1) is 7.77. The van der Waals surface area contributed by atoms with Crippen LogP contribution in [0.25, 0.3) is 0 Å². The van der Waals surface area contributed by atoms with E-state index in [4.69, 9.17) is 4.74 Å². The second kappa shape index (κ2) is 7.32. The number of ether oxygens (including phenoxy) is 1. The third-order valence-electron chi connectivity index (χ3n) is 2.06. The van der Waals surface area contributed by atoms with Gasteiger partial charge in [0.2, 0.25) is 0 Å². The highest BCUT2D eigenvalue weighted by Gasteiger charge is 2.01. The van der Waals surface area contributed by atoms with Crippen molar-refractivity contribution in [1.82, 2.24) is 5.32 Å². The van der Waals surface area contributed by atoms with Gasteiger partial charge in [-0.1, -0.05) is 15.9 Å². The van der Waals surface area contributed by atoms with E-state index in [0.29, 0.717) is 6.61 Å². The lowest BCUT2D eigenvalue weighted by molar-refractivity contribution is 0.326. The molecule has 0 aliphatic rings. The lowest BCUT2D eigenvalue weighted by Gasteiger charge is -2.08. The highest BCUT2D eigenvalue weighted by Crippen LogP contribution is 2.22. The SMILES string of the molecule is CC#CCCOc1ccc(Br)c(CNC)c1. The monoisotopic (exact) mass is 281 g/mol. The van der Waals surface area contributed by atoms with E-state index in [1.807, 2.05) is 32.2 Å². The van der Waals surface area contributed by atoms with Crippen LogP contribution in [0.5, 0.6) is 5.75 Å². The molecule has 0 amide bonds. The second-order valence-electron chi connectivity index (χ2n) is 3.31. The van der Waals surface area contributed by atoms with Gasteiger partial charge < -0.3 is 10.1 Å². The van der Waals surface area contributed by atoms with Gasteiger partial charge in [0.1, 0.15) is 5.75 Å². The molecule has 0 aliphatic heterocycles. The van der Waals surface area contributed by atoms with Crippen molar-refractivity contribution in [3.8, 4) is 17.6 Å². The summed E-state index contributed by atoms with van der Waals surface area (Å²) in [7, 11) is 1.93. The molecule has 0 radical (unpaired) electrons. The number of benzene rings is 1. The Morgan fingerprint density at radius 3 is 2.94 bits per heavy atom. The minimum Gasteiger partial charge on any atom is -0.493 e. The summed E-state index contributed by atoms with van der Waals surface area (Å²) in [5, 5.41) is 3.12. The predicted molar refractivity (Wildman–Crippen MR) is 70.5 cm³/mol. The molecule has 16 heavy (non-hydrogen) atoms. The summed E-state index contributed by atoms with van der Waals surface area (Å²) in [5.74, 6) is 6.72. The van der Waals surface area contributed by atoms with E-state index in [2.05, 4.69) is 33.1 Å². The molecule has 0 aliphatic carbocycles. The van der Waals surface area contributed by atoms with Crippen molar-refractivity contribution in [3.63, 3.8) is 0 Å². The molecule has 1 rings (SSSR count). The molecule has 1 aromatic rings. The molecule has 0 saturated carbocycles. The molecule has 0 saturated heterocycles. The lowest BCUT2D eigenvalue weighted by Crippen LogP contribution is -2.06. The first-order valence-corrected chi connectivity index (χ1v) is 6.02. The van der Waals surface area contributed by atoms with E-state index in [9.17, 15) is 0 Å². The molecule has 0 unspecified atom stereocenters. The summed E-state index contributed by atoms with van der Waals surface area (Å²) in [5.41, 5.74) is 1.20. The van der Waals surface area contributed by atoms with Crippen molar-refractivity contribution in [2.75, 3.05) is 13.7 Å². The summed E-state index contributed by atoms with van der Waals surface area (Å²) in [6, 6.07) is 6.01. The summed E-state index contributed by atoms with van der Waals surface area (Å²) in [6.45, 7) is 3.30. The molecule has 0 fully saturated rings. The molecular weight excluding hydrogens is 266 g/mol. The van der Waals surface area contributed by atoms with E-state index in [-0.39, 0.29) is 0 Å². The fraction of sp³-hybridized carbons (Fsp3) is 0.385. The fourth-order valence-corrected chi connectivity index (χ4v) is 1.70. The molecule has 0 spiro atoms. The Labute approximate surface area is 106 Å². The number of halogens is 1. The topological polar surface area (TPSA) is 21.3 Å². The lowest BCUT2D eigenvalue weighted by atomic mass is 10.2. The molecule has 0 bridgehead atoms. The van der Waals surface area contributed by atoms with Crippen molar-refractivity contribution >= 4 is 15.9 Å². The molecule has 1 aromatic carbocycles. The van der Waals surface area contributed by atoms with Crippen LogP contribution in [0.3, 0.4) is 0 Å². The van der Waals surface area contributed by atoms with Crippen LogP contribution in [-0.2, 0) is 6.54 Å². The van der Waals surface area contributed by atoms with Gasteiger partial charge in [0.25, 0.3) is 0 Å². The van der Waals surface area contributed by atoms with Crippen LogP contribution in [0.4, 0.5) is 0 Å². The van der Waals surface area contributed by atoms with E-state index >= 15 is 0 Å². The van der Waals surface area contributed by atoms with Crippen molar-refractivity contribution in [2.45, 2.75) is 19.9 Å². The zero-order valence-electron chi connectivity index (χ0n) is 9.64. The van der Waals surface area contributed by atoms with Gasteiger partial charge in [-0.15, -0.1) is 11.8 Å². The molecule has 0 atom stereocenters. The maximum absolute atomic E-state index is 5.60. The predicted octanol–water partition coefficient (Wildman–Crippen LogP) is 2.96. The van der Waals surface area contributed by atoms with Gasteiger partial charge >= 0.3 is 0 Å². The highest BCUT2D eigenvalue weighted by atomic mass is 79.9. The Kier molecular flexibility index (Phi) is 5.99. The Hall–Kier alpha value is -0.980. The Bertz CT molecular complexity index is 393.